The molecule has 1 saturated heterocycles. The van der Waals surface area contributed by atoms with Crippen LogP contribution in [0.1, 0.15) is 31.5 Å². The second-order valence-corrected chi connectivity index (χ2v) is 4.18. The second kappa shape index (κ2) is 4.77. The molecule has 1 aliphatic rings. The first-order valence-electron chi connectivity index (χ1n) is 5.59. The van der Waals surface area contributed by atoms with Crippen LogP contribution in [0.5, 0.6) is 0 Å². The molecule has 0 radical (unpaired) electrons. The molecule has 1 fully saturated rings. The maximum Gasteiger partial charge on any atom is 0.0619 e. The maximum atomic E-state index is 5.45. The van der Waals surface area contributed by atoms with E-state index in [-0.39, 0.29) is 0 Å². The highest BCUT2D eigenvalue weighted by atomic mass is 16.5. The van der Waals surface area contributed by atoms with E-state index in [9.17, 15) is 0 Å². The van der Waals surface area contributed by atoms with Gasteiger partial charge in [0.15, 0.2) is 0 Å². The summed E-state index contributed by atoms with van der Waals surface area (Å²) in [4.78, 5) is 0. The number of rotatable bonds is 3. The summed E-state index contributed by atoms with van der Waals surface area (Å²) >= 11 is 0. The summed E-state index contributed by atoms with van der Waals surface area (Å²) in [5, 5.41) is 7.75. The molecule has 1 N–H and O–H groups in total. The minimum atomic E-state index is 0.337. The molecule has 0 spiro atoms. The molecule has 4 nitrogen and oxygen atoms in total. The molecule has 2 rings (SSSR count). The number of ether oxygens (including phenoxy) is 1. The molecule has 0 bridgehead atoms. The third-order valence-electron chi connectivity index (χ3n) is 2.95. The van der Waals surface area contributed by atoms with Crippen molar-refractivity contribution in [2.45, 2.75) is 31.8 Å². The zero-order valence-corrected chi connectivity index (χ0v) is 9.44. The number of nitrogens with one attached hydrogen (secondary N) is 1. The average Bonchev–Trinajstić information content (AvgIpc) is 2.66. The van der Waals surface area contributed by atoms with Gasteiger partial charge in [-0.3, -0.25) is 4.68 Å². The molecule has 2 heterocycles. The molecule has 84 valence electrons. The van der Waals surface area contributed by atoms with Crippen molar-refractivity contribution >= 4 is 0 Å². The van der Waals surface area contributed by atoms with Gasteiger partial charge in [-0.05, 0) is 25.8 Å². The van der Waals surface area contributed by atoms with Crippen molar-refractivity contribution in [3.05, 3.63) is 18.0 Å². The largest absolute Gasteiger partial charge is 0.380 e. The van der Waals surface area contributed by atoms with Crippen LogP contribution in [0.4, 0.5) is 0 Å². The molecule has 0 aromatic carbocycles. The van der Waals surface area contributed by atoms with Gasteiger partial charge in [0, 0.05) is 31.9 Å². The third kappa shape index (κ3) is 2.58. The summed E-state index contributed by atoms with van der Waals surface area (Å²) in [6.45, 7) is 3.92. The van der Waals surface area contributed by atoms with Crippen LogP contribution in [0.15, 0.2) is 12.3 Å². The SMILES string of the molecule is CC(NC1CCCOC1)c1ccnn1C. The minimum absolute atomic E-state index is 0.337. The molecule has 15 heavy (non-hydrogen) atoms. The van der Waals surface area contributed by atoms with Gasteiger partial charge in [-0.2, -0.15) is 5.10 Å². The molecular formula is C11H19N3O. The van der Waals surface area contributed by atoms with E-state index in [0.717, 1.165) is 19.6 Å². The van der Waals surface area contributed by atoms with Crippen LogP contribution in [-0.4, -0.2) is 29.0 Å². The average molecular weight is 209 g/mol. The van der Waals surface area contributed by atoms with Crippen molar-refractivity contribution in [1.82, 2.24) is 15.1 Å². The highest BCUT2D eigenvalue weighted by Gasteiger charge is 2.17. The highest BCUT2D eigenvalue weighted by molar-refractivity contribution is 5.05. The number of hydrogen-bond acceptors (Lipinski definition) is 3. The van der Waals surface area contributed by atoms with E-state index in [4.69, 9.17) is 4.74 Å². The van der Waals surface area contributed by atoms with Gasteiger partial charge in [-0.1, -0.05) is 0 Å². The lowest BCUT2D eigenvalue weighted by molar-refractivity contribution is 0.0667. The van der Waals surface area contributed by atoms with Crippen LogP contribution in [0.25, 0.3) is 0 Å². The summed E-state index contributed by atoms with van der Waals surface area (Å²) in [5.41, 5.74) is 1.22. The number of nitrogens with zero attached hydrogens (tertiary/aromatic N) is 2. The van der Waals surface area contributed by atoms with Crippen LogP contribution < -0.4 is 5.32 Å². The highest BCUT2D eigenvalue weighted by Crippen LogP contribution is 2.14. The summed E-state index contributed by atoms with van der Waals surface area (Å²) < 4.78 is 7.36. The van der Waals surface area contributed by atoms with Gasteiger partial charge in [-0.25, -0.2) is 0 Å². The van der Waals surface area contributed by atoms with Gasteiger partial charge in [-0.15, -0.1) is 0 Å². The quantitative estimate of drug-likeness (QED) is 0.814. The fourth-order valence-corrected chi connectivity index (χ4v) is 2.12. The van der Waals surface area contributed by atoms with Gasteiger partial charge in [0.25, 0.3) is 0 Å². The van der Waals surface area contributed by atoms with E-state index in [1.807, 2.05) is 17.9 Å². The monoisotopic (exact) mass is 209 g/mol. The lowest BCUT2D eigenvalue weighted by Gasteiger charge is -2.26. The van der Waals surface area contributed by atoms with Crippen molar-refractivity contribution in [3.63, 3.8) is 0 Å². The van der Waals surface area contributed by atoms with Crippen molar-refractivity contribution in [3.8, 4) is 0 Å². The molecular weight excluding hydrogens is 190 g/mol. The lowest BCUT2D eigenvalue weighted by atomic mass is 10.1. The Labute approximate surface area is 90.6 Å². The zero-order chi connectivity index (χ0) is 10.7. The van der Waals surface area contributed by atoms with E-state index in [2.05, 4.69) is 23.4 Å². The first-order valence-corrected chi connectivity index (χ1v) is 5.59. The summed E-state index contributed by atoms with van der Waals surface area (Å²) in [6.07, 6.45) is 4.21. The fourth-order valence-electron chi connectivity index (χ4n) is 2.12. The standard InChI is InChI=1S/C11H19N3O/c1-9(11-5-6-12-14(11)2)13-10-4-3-7-15-8-10/h5-6,9-10,13H,3-4,7-8H2,1-2H3. The van der Waals surface area contributed by atoms with Gasteiger partial charge in [0.2, 0.25) is 0 Å². The summed E-state index contributed by atoms with van der Waals surface area (Å²) in [5.74, 6) is 0. The van der Waals surface area contributed by atoms with Gasteiger partial charge in [0.05, 0.1) is 12.3 Å². The Bertz CT molecular complexity index is 305. The normalized spacial score (nSPS) is 24.0. The molecule has 1 aromatic rings. The fraction of sp³-hybridized carbons (Fsp3) is 0.727. The van der Waals surface area contributed by atoms with Crippen molar-refractivity contribution < 1.29 is 4.74 Å². The summed E-state index contributed by atoms with van der Waals surface area (Å²) in [6, 6.07) is 2.88. The smallest absolute Gasteiger partial charge is 0.0619 e. The molecule has 0 aliphatic carbocycles. The molecule has 1 aromatic heterocycles. The number of hydrogen-bond donors (Lipinski definition) is 1. The van der Waals surface area contributed by atoms with Gasteiger partial charge in [0.1, 0.15) is 0 Å². The Morgan fingerprint density at radius 1 is 1.67 bits per heavy atom. The van der Waals surface area contributed by atoms with E-state index < -0.39 is 0 Å². The van der Waals surface area contributed by atoms with Crippen LogP contribution in [0.3, 0.4) is 0 Å². The van der Waals surface area contributed by atoms with Crippen molar-refractivity contribution in [2.24, 2.45) is 7.05 Å². The minimum Gasteiger partial charge on any atom is -0.380 e. The molecule has 2 unspecified atom stereocenters. The van der Waals surface area contributed by atoms with E-state index in [0.29, 0.717) is 12.1 Å². The Morgan fingerprint density at radius 3 is 3.13 bits per heavy atom. The van der Waals surface area contributed by atoms with E-state index in [1.54, 1.807) is 0 Å². The molecule has 4 heteroatoms. The number of aromatic nitrogens is 2. The van der Waals surface area contributed by atoms with Crippen LogP contribution in [0, 0.1) is 0 Å². The Morgan fingerprint density at radius 2 is 2.53 bits per heavy atom. The third-order valence-corrected chi connectivity index (χ3v) is 2.95. The first kappa shape index (κ1) is 10.6. The van der Waals surface area contributed by atoms with Crippen LogP contribution in [-0.2, 0) is 11.8 Å². The summed E-state index contributed by atoms with van der Waals surface area (Å²) in [7, 11) is 1.98. The second-order valence-electron chi connectivity index (χ2n) is 4.18. The number of aryl methyl sites for hydroxylation is 1. The molecule has 0 amide bonds. The Balaban J connectivity index is 1.91. The van der Waals surface area contributed by atoms with Gasteiger partial charge < -0.3 is 10.1 Å². The Kier molecular flexibility index (Phi) is 3.38. The van der Waals surface area contributed by atoms with E-state index >= 15 is 0 Å². The predicted molar refractivity (Wildman–Crippen MR) is 58.6 cm³/mol. The van der Waals surface area contributed by atoms with Gasteiger partial charge >= 0.3 is 0 Å². The topological polar surface area (TPSA) is 39.1 Å². The van der Waals surface area contributed by atoms with Crippen LogP contribution >= 0.6 is 0 Å². The molecule has 2 atom stereocenters. The molecule has 0 saturated carbocycles. The maximum absolute atomic E-state index is 5.45. The first-order chi connectivity index (χ1) is 7.27. The van der Waals surface area contributed by atoms with E-state index in [1.165, 1.54) is 12.1 Å². The lowest BCUT2D eigenvalue weighted by Crippen LogP contribution is -2.38. The zero-order valence-electron chi connectivity index (χ0n) is 9.44. The predicted octanol–water partition coefficient (Wildman–Crippen LogP) is 1.25. The molecule has 1 aliphatic heterocycles. The van der Waals surface area contributed by atoms with Crippen molar-refractivity contribution in [1.29, 1.82) is 0 Å². The van der Waals surface area contributed by atoms with Crippen LogP contribution in [0.2, 0.25) is 0 Å². The van der Waals surface area contributed by atoms with Crippen molar-refractivity contribution in [2.75, 3.05) is 13.2 Å². The Hall–Kier alpha value is -0.870.